The fraction of sp³-hybridized carbons (Fsp3) is 0.185. The van der Waals surface area contributed by atoms with Crippen LogP contribution in [0.25, 0.3) is 0 Å². The van der Waals surface area contributed by atoms with Crippen molar-refractivity contribution in [2.75, 3.05) is 0 Å². The monoisotopic (exact) mass is 354 g/mol. The van der Waals surface area contributed by atoms with Crippen LogP contribution in [0.1, 0.15) is 31.9 Å². The maximum atomic E-state index is 4.16. The van der Waals surface area contributed by atoms with Gasteiger partial charge in [-0.05, 0) is 61.1 Å². The molecule has 1 aromatic carbocycles. The molecule has 1 aliphatic carbocycles. The number of aryl methyl sites for hydroxylation is 1. The molecule has 0 fully saturated rings. The smallest absolute Gasteiger partial charge is 0.0706 e. The summed E-state index contributed by atoms with van der Waals surface area (Å²) in [6.07, 6.45) is 12.3. The SMILES string of the molecule is C=CC1=C(C=C)C(C(/C=C\C(=C)C)=C/C)(c2ccc(C)cc2)C(C=C)=C1C. The zero-order chi connectivity index (χ0) is 20.2. The molecule has 0 saturated carbocycles. The Morgan fingerprint density at radius 1 is 0.889 bits per heavy atom. The van der Waals surface area contributed by atoms with Gasteiger partial charge in [0.1, 0.15) is 0 Å². The molecule has 1 atom stereocenters. The van der Waals surface area contributed by atoms with Crippen LogP contribution in [0.2, 0.25) is 0 Å². The van der Waals surface area contributed by atoms with Crippen molar-refractivity contribution in [1.82, 2.24) is 0 Å². The van der Waals surface area contributed by atoms with E-state index in [1.807, 2.05) is 25.2 Å². The van der Waals surface area contributed by atoms with Gasteiger partial charge in [-0.15, -0.1) is 0 Å². The van der Waals surface area contributed by atoms with Crippen molar-refractivity contribution in [1.29, 1.82) is 0 Å². The minimum atomic E-state index is -0.453. The van der Waals surface area contributed by atoms with Gasteiger partial charge in [0.25, 0.3) is 0 Å². The maximum Gasteiger partial charge on any atom is 0.0706 e. The number of benzene rings is 1. The molecule has 0 nitrogen and oxygen atoms in total. The van der Waals surface area contributed by atoms with Crippen LogP contribution in [0.5, 0.6) is 0 Å². The summed E-state index contributed by atoms with van der Waals surface area (Å²) < 4.78 is 0. The third-order valence-corrected chi connectivity index (χ3v) is 5.29. The topological polar surface area (TPSA) is 0 Å². The van der Waals surface area contributed by atoms with Crippen LogP contribution in [0.4, 0.5) is 0 Å². The summed E-state index contributed by atoms with van der Waals surface area (Å²) in [5.41, 5.74) is 8.82. The van der Waals surface area contributed by atoms with Crippen molar-refractivity contribution in [3.8, 4) is 0 Å². The molecule has 0 radical (unpaired) electrons. The zero-order valence-corrected chi connectivity index (χ0v) is 17.1. The van der Waals surface area contributed by atoms with E-state index in [9.17, 15) is 0 Å². The molecule has 0 spiro atoms. The van der Waals surface area contributed by atoms with E-state index in [0.29, 0.717) is 0 Å². The standard InChI is InChI=1S/C27H30/c1-9-22(16-13-19(5)6)27(23-17-14-20(7)15-18-23)25(11-3)21(8)24(10-2)26(27)12-4/h9-18H,2-5H2,1,6-8H3/b16-13-,22-9+. The second-order valence-electron chi connectivity index (χ2n) is 7.02. The van der Waals surface area contributed by atoms with E-state index in [2.05, 4.69) is 89.6 Å². The van der Waals surface area contributed by atoms with Crippen molar-refractivity contribution in [2.45, 2.75) is 33.1 Å². The molecular weight excluding hydrogens is 324 g/mol. The van der Waals surface area contributed by atoms with Gasteiger partial charge in [0.15, 0.2) is 0 Å². The summed E-state index contributed by atoms with van der Waals surface area (Å²) in [5.74, 6) is 0. The third-order valence-electron chi connectivity index (χ3n) is 5.29. The van der Waals surface area contributed by atoms with Crippen LogP contribution < -0.4 is 0 Å². The predicted octanol–water partition coefficient (Wildman–Crippen LogP) is 7.50. The van der Waals surface area contributed by atoms with Gasteiger partial charge < -0.3 is 0 Å². The Morgan fingerprint density at radius 3 is 1.93 bits per heavy atom. The first-order valence-electron chi connectivity index (χ1n) is 9.29. The van der Waals surface area contributed by atoms with Crippen molar-refractivity contribution < 1.29 is 0 Å². The average Bonchev–Trinajstić information content (AvgIpc) is 2.90. The highest BCUT2D eigenvalue weighted by atomic mass is 14.5. The highest BCUT2D eigenvalue weighted by Crippen LogP contribution is 2.55. The van der Waals surface area contributed by atoms with Crippen molar-refractivity contribution in [3.05, 3.63) is 132 Å². The first-order valence-corrected chi connectivity index (χ1v) is 9.29. The van der Waals surface area contributed by atoms with E-state index in [-0.39, 0.29) is 0 Å². The fourth-order valence-electron chi connectivity index (χ4n) is 4.07. The Balaban J connectivity index is 3.01. The minimum Gasteiger partial charge on any atom is -0.0987 e. The van der Waals surface area contributed by atoms with Crippen LogP contribution in [0.15, 0.2) is 120 Å². The highest BCUT2D eigenvalue weighted by molar-refractivity contribution is 5.74. The van der Waals surface area contributed by atoms with Gasteiger partial charge in [0.2, 0.25) is 0 Å². The minimum absolute atomic E-state index is 0.453. The molecule has 0 heterocycles. The molecule has 0 bridgehead atoms. The largest absolute Gasteiger partial charge is 0.0987 e. The molecule has 1 unspecified atom stereocenters. The van der Waals surface area contributed by atoms with Gasteiger partial charge >= 0.3 is 0 Å². The van der Waals surface area contributed by atoms with E-state index in [4.69, 9.17) is 0 Å². The van der Waals surface area contributed by atoms with E-state index in [0.717, 1.165) is 16.7 Å². The average molecular weight is 355 g/mol. The first-order chi connectivity index (χ1) is 12.9. The molecule has 0 amide bonds. The van der Waals surface area contributed by atoms with Crippen molar-refractivity contribution >= 4 is 0 Å². The molecule has 1 aliphatic rings. The van der Waals surface area contributed by atoms with Gasteiger partial charge in [-0.3, -0.25) is 0 Å². The van der Waals surface area contributed by atoms with Crippen LogP contribution in [-0.2, 0) is 5.41 Å². The second-order valence-corrected chi connectivity index (χ2v) is 7.02. The Bertz CT molecular complexity index is 907. The van der Waals surface area contributed by atoms with Gasteiger partial charge in [-0.2, -0.15) is 0 Å². The Labute approximate surface area is 165 Å². The normalized spacial score (nSPS) is 20.4. The van der Waals surface area contributed by atoms with Crippen LogP contribution in [0, 0.1) is 6.92 Å². The van der Waals surface area contributed by atoms with Crippen LogP contribution in [0.3, 0.4) is 0 Å². The Kier molecular flexibility index (Phi) is 6.23. The quantitative estimate of drug-likeness (QED) is 0.445. The number of hydrogen-bond acceptors (Lipinski definition) is 0. The molecule has 0 saturated heterocycles. The molecular formula is C27H30. The van der Waals surface area contributed by atoms with Gasteiger partial charge in [-0.25, -0.2) is 0 Å². The summed E-state index contributed by atoms with van der Waals surface area (Å²) in [7, 11) is 0. The molecule has 0 N–H and O–H groups in total. The fourth-order valence-corrected chi connectivity index (χ4v) is 4.07. The molecule has 138 valence electrons. The summed E-state index contributed by atoms with van der Waals surface area (Å²) in [4.78, 5) is 0. The predicted molar refractivity (Wildman–Crippen MR) is 121 cm³/mol. The molecule has 0 heteroatoms. The number of rotatable bonds is 7. The van der Waals surface area contributed by atoms with Crippen LogP contribution in [-0.4, -0.2) is 0 Å². The number of hydrogen-bond donors (Lipinski definition) is 0. The van der Waals surface area contributed by atoms with E-state index < -0.39 is 5.41 Å². The van der Waals surface area contributed by atoms with Crippen molar-refractivity contribution in [2.24, 2.45) is 0 Å². The summed E-state index contributed by atoms with van der Waals surface area (Å²) in [6, 6.07) is 8.74. The lowest BCUT2D eigenvalue weighted by molar-refractivity contribution is 0.751. The molecule has 0 aliphatic heterocycles. The van der Waals surface area contributed by atoms with Gasteiger partial charge in [-0.1, -0.05) is 98.2 Å². The summed E-state index contributed by atoms with van der Waals surface area (Å²) >= 11 is 0. The number of allylic oxidation sites excluding steroid dienone is 12. The zero-order valence-electron chi connectivity index (χ0n) is 17.1. The lowest BCUT2D eigenvalue weighted by Crippen LogP contribution is -2.30. The first kappa shape index (κ1) is 20.5. The van der Waals surface area contributed by atoms with Gasteiger partial charge in [0, 0.05) is 0 Å². The summed E-state index contributed by atoms with van der Waals surface area (Å²) in [6.45, 7) is 24.7. The molecule has 0 aromatic heterocycles. The molecule has 1 aromatic rings. The Hall–Kier alpha value is -2.86. The second kappa shape index (κ2) is 8.22. The highest BCUT2D eigenvalue weighted by Gasteiger charge is 2.46. The molecule has 2 rings (SSSR count). The van der Waals surface area contributed by atoms with Crippen LogP contribution >= 0.6 is 0 Å². The maximum absolute atomic E-state index is 4.16. The molecule has 27 heavy (non-hydrogen) atoms. The van der Waals surface area contributed by atoms with Gasteiger partial charge in [0.05, 0.1) is 5.41 Å². The Morgan fingerprint density at radius 2 is 1.48 bits per heavy atom. The summed E-state index contributed by atoms with van der Waals surface area (Å²) in [5, 5.41) is 0. The van der Waals surface area contributed by atoms with E-state index >= 15 is 0 Å². The van der Waals surface area contributed by atoms with E-state index in [1.54, 1.807) is 0 Å². The lowest BCUT2D eigenvalue weighted by Gasteiger charge is -2.36. The van der Waals surface area contributed by atoms with E-state index in [1.165, 1.54) is 27.8 Å². The van der Waals surface area contributed by atoms with Crippen molar-refractivity contribution in [3.63, 3.8) is 0 Å². The lowest BCUT2D eigenvalue weighted by atomic mass is 9.65. The third kappa shape index (κ3) is 3.28.